The highest BCUT2D eigenvalue weighted by atomic mass is 127. The Bertz CT molecular complexity index is 659. The number of carbonyl (C=O) groups is 2. The molecule has 0 aliphatic rings. The Morgan fingerprint density at radius 2 is 1.75 bits per heavy atom. The van der Waals surface area contributed by atoms with E-state index >= 15 is 0 Å². The van der Waals surface area contributed by atoms with Gasteiger partial charge in [-0.1, -0.05) is 18.2 Å². The number of halogens is 1. The molecule has 0 aliphatic heterocycles. The smallest absolute Gasteiger partial charge is 0.341 e. The molecule has 0 saturated carbocycles. The number of rotatable bonds is 3. The van der Waals surface area contributed by atoms with Gasteiger partial charge in [0.05, 0.1) is 9.13 Å². The van der Waals surface area contributed by atoms with Crippen LogP contribution >= 0.6 is 19.8 Å². The zero-order valence-corrected chi connectivity index (χ0v) is 12.3. The van der Waals surface area contributed by atoms with Gasteiger partial charge in [-0.3, -0.25) is 9.78 Å². The lowest BCUT2D eigenvalue weighted by Crippen LogP contribution is -1.98. The van der Waals surface area contributed by atoms with E-state index in [1.807, 2.05) is 0 Å². The van der Waals surface area contributed by atoms with Crippen molar-refractivity contribution in [2.75, 3.05) is 0 Å². The average molecular weight is 387 g/mol. The van der Waals surface area contributed by atoms with E-state index in [9.17, 15) is 15.7 Å². The highest BCUT2D eigenvalue weighted by Crippen LogP contribution is 2.20. The molecule has 0 atom stereocenters. The molecular formula is C13H10INO5. The van der Waals surface area contributed by atoms with Gasteiger partial charge in [-0.2, -0.15) is 0 Å². The van der Waals surface area contributed by atoms with Crippen LogP contribution in [-0.2, 0) is 6.14 Å². The summed E-state index contributed by atoms with van der Waals surface area (Å²) < 4.78 is 21.1. The van der Waals surface area contributed by atoms with Crippen molar-refractivity contribution in [3.63, 3.8) is 0 Å². The zero-order chi connectivity index (χ0) is 15.0. The number of hydrogen-bond acceptors (Lipinski definition) is 5. The van der Waals surface area contributed by atoms with E-state index in [4.69, 9.17) is 5.11 Å². The molecule has 0 spiro atoms. The Kier molecular flexibility index (Phi) is 6.44. The minimum absolute atomic E-state index is 0.0609. The molecular weight excluding hydrogens is 377 g/mol. The Hall–Kier alpha value is -2.16. The number of aromatic nitrogens is 1. The number of carboxylic acids is 1. The molecule has 7 heteroatoms. The van der Waals surface area contributed by atoms with Crippen molar-refractivity contribution in [2.45, 2.75) is 0 Å². The summed E-state index contributed by atoms with van der Waals surface area (Å²) in [4.78, 5) is 24.1. The van der Waals surface area contributed by atoms with Crippen LogP contribution in [0.2, 0.25) is 0 Å². The number of aromatic carboxylic acids is 1. The average Bonchev–Trinajstić information content (AvgIpc) is 2.48. The second kappa shape index (κ2) is 8.10. The van der Waals surface area contributed by atoms with Crippen LogP contribution in [0.5, 0.6) is 0 Å². The van der Waals surface area contributed by atoms with E-state index in [1.54, 1.807) is 24.4 Å². The summed E-state index contributed by atoms with van der Waals surface area (Å²) in [6.45, 7) is 0. The van der Waals surface area contributed by atoms with Crippen LogP contribution in [-0.4, -0.2) is 22.3 Å². The second-order valence-electron chi connectivity index (χ2n) is 3.37. The molecule has 0 radical (unpaired) electrons. The third-order valence-corrected chi connectivity index (χ3v) is 3.97. The first-order chi connectivity index (χ1) is 9.56. The number of carboxylic acid groups (broad SMARTS) is 1. The van der Waals surface area contributed by atoms with Crippen molar-refractivity contribution in [2.24, 2.45) is 0 Å². The van der Waals surface area contributed by atoms with E-state index in [0.29, 0.717) is 5.69 Å². The lowest BCUT2D eigenvalue weighted by Gasteiger charge is -1.94. The molecule has 1 N–H and O–H groups in total. The van der Waals surface area contributed by atoms with Crippen LogP contribution in [0.25, 0.3) is 0 Å². The Balaban J connectivity index is 0.000000217. The molecule has 0 fully saturated rings. The maximum Gasteiger partial charge on any atom is 0.341 e. The summed E-state index contributed by atoms with van der Waals surface area (Å²) in [6.07, 6.45) is 2.31. The summed E-state index contributed by atoms with van der Waals surface area (Å²) in [6, 6.07) is 10.8. The first-order valence-electron chi connectivity index (χ1n) is 5.30. The van der Waals surface area contributed by atoms with Crippen LogP contribution in [0.1, 0.15) is 20.8 Å². The number of aldehydes is 1. The van der Waals surface area contributed by atoms with Crippen molar-refractivity contribution >= 4 is 32.0 Å². The summed E-state index contributed by atoms with van der Waals surface area (Å²) in [7, 11) is 0. The molecule has 1 aromatic heterocycles. The fourth-order valence-electron chi connectivity index (χ4n) is 1.21. The number of benzene rings is 1. The van der Waals surface area contributed by atoms with Gasteiger partial charge >= 0.3 is 25.8 Å². The summed E-state index contributed by atoms with van der Waals surface area (Å²) in [5.74, 6) is -1.21. The summed E-state index contributed by atoms with van der Waals surface area (Å²) in [5.41, 5.74) is 0.334. The third-order valence-electron chi connectivity index (χ3n) is 2.08. The topological polar surface area (TPSA) is 101 Å². The maximum atomic E-state index is 10.6. The molecule has 20 heavy (non-hydrogen) atoms. The lowest BCUT2D eigenvalue weighted by molar-refractivity contribution is 0.0695. The predicted molar refractivity (Wildman–Crippen MR) is 77.1 cm³/mol. The number of pyridine rings is 1. The number of nitrogens with zero attached hydrogens (tertiary/aromatic N) is 1. The van der Waals surface area contributed by atoms with Gasteiger partial charge in [-0.15, -0.1) is 0 Å². The molecule has 0 amide bonds. The molecule has 1 aromatic carbocycles. The van der Waals surface area contributed by atoms with E-state index < -0.39 is 25.8 Å². The maximum absolute atomic E-state index is 10.6. The predicted octanol–water partition coefficient (Wildman–Crippen LogP) is 2.65. The largest absolute Gasteiger partial charge is 0.478 e. The fraction of sp³-hybridized carbons (Fsp3) is 0. The normalized spacial score (nSPS) is 9.45. The molecule has 1 heterocycles. The number of hydrogen-bond donors (Lipinski definition) is 1. The van der Waals surface area contributed by atoms with Crippen molar-refractivity contribution in [1.29, 1.82) is 0 Å². The SMILES string of the molecule is O=C(O)c1ccccc1I(=O)=O.O=Cc1ccccn1. The van der Waals surface area contributed by atoms with Gasteiger partial charge in [0.15, 0.2) is 6.29 Å². The van der Waals surface area contributed by atoms with E-state index in [-0.39, 0.29) is 9.13 Å². The molecule has 6 nitrogen and oxygen atoms in total. The molecule has 104 valence electrons. The van der Waals surface area contributed by atoms with Gasteiger partial charge in [0.25, 0.3) is 0 Å². The zero-order valence-electron chi connectivity index (χ0n) is 10.1. The van der Waals surface area contributed by atoms with E-state index in [0.717, 1.165) is 6.29 Å². The third kappa shape index (κ3) is 4.84. The van der Waals surface area contributed by atoms with Gasteiger partial charge in [0, 0.05) is 6.20 Å². The van der Waals surface area contributed by atoms with Gasteiger partial charge in [-0.25, -0.2) is 10.9 Å². The van der Waals surface area contributed by atoms with Crippen LogP contribution in [0, 0.1) is 3.57 Å². The molecule has 0 aliphatic carbocycles. The minimum atomic E-state index is -3.67. The monoisotopic (exact) mass is 387 g/mol. The van der Waals surface area contributed by atoms with Crippen molar-refractivity contribution in [3.8, 4) is 0 Å². The van der Waals surface area contributed by atoms with Crippen molar-refractivity contribution in [3.05, 3.63) is 63.5 Å². The first-order valence-corrected chi connectivity index (χ1v) is 8.14. The van der Waals surface area contributed by atoms with Gasteiger partial charge in [0.2, 0.25) is 0 Å². The Morgan fingerprint density at radius 1 is 1.10 bits per heavy atom. The van der Waals surface area contributed by atoms with Crippen LogP contribution in [0.15, 0.2) is 48.7 Å². The van der Waals surface area contributed by atoms with Gasteiger partial charge in [-0.05, 0) is 24.3 Å². The highest BCUT2D eigenvalue weighted by Gasteiger charge is 2.11. The second-order valence-corrected chi connectivity index (χ2v) is 5.78. The van der Waals surface area contributed by atoms with Crippen LogP contribution in [0.3, 0.4) is 0 Å². The first kappa shape index (κ1) is 15.9. The van der Waals surface area contributed by atoms with E-state index in [2.05, 4.69) is 4.98 Å². The fourth-order valence-corrected chi connectivity index (χ4v) is 2.60. The molecule has 2 aromatic rings. The molecule has 0 unspecified atom stereocenters. The van der Waals surface area contributed by atoms with Crippen molar-refractivity contribution < 1.29 is 20.8 Å². The molecule has 0 saturated heterocycles. The standard InChI is InChI=1S/C7H5IO4.C6H5NO/c9-7(10)5-3-1-2-4-6(5)8(11)12;8-5-6-3-1-2-4-7-6/h1-4H,(H,9,10);1-5H. The number of carbonyl (C=O) groups excluding carboxylic acids is 1. The summed E-state index contributed by atoms with van der Waals surface area (Å²) in [5, 5.41) is 8.56. The van der Waals surface area contributed by atoms with Gasteiger partial charge < -0.3 is 5.11 Å². The van der Waals surface area contributed by atoms with Crippen molar-refractivity contribution in [1.82, 2.24) is 4.98 Å². The summed E-state index contributed by atoms with van der Waals surface area (Å²) >= 11 is -3.67. The van der Waals surface area contributed by atoms with Gasteiger partial charge in [0.1, 0.15) is 5.69 Å². The quantitative estimate of drug-likeness (QED) is 0.642. The lowest BCUT2D eigenvalue weighted by atomic mass is 10.2. The van der Waals surface area contributed by atoms with E-state index in [1.165, 1.54) is 24.3 Å². The Labute approximate surface area is 121 Å². The van der Waals surface area contributed by atoms with Crippen LogP contribution < -0.4 is 0 Å². The van der Waals surface area contributed by atoms with Crippen LogP contribution in [0.4, 0.5) is 0 Å². The Morgan fingerprint density at radius 3 is 2.15 bits per heavy atom. The molecule has 2 rings (SSSR count). The molecule has 0 bridgehead atoms. The minimum Gasteiger partial charge on any atom is -0.478 e. The highest BCUT2D eigenvalue weighted by molar-refractivity contribution is 14.2.